The first-order valence-corrected chi connectivity index (χ1v) is 16.5. The molecule has 0 saturated heterocycles. The van der Waals surface area contributed by atoms with Gasteiger partial charge in [0.1, 0.15) is 11.9 Å². The van der Waals surface area contributed by atoms with Crippen molar-refractivity contribution in [3.05, 3.63) is 29.9 Å². The van der Waals surface area contributed by atoms with Gasteiger partial charge in [0.25, 0.3) is 0 Å². The number of aromatic nitrogens is 2. The van der Waals surface area contributed by atoms with E-state index in [0.717, 1.165) is 57.2 Å². The van der Waals surface area contributed by atoms with Crippen LogP contribution in [0.4, 0.5) is 0 Å². The first-order valence-electron chi connectivity index (χ1n) is 16.5. The van der Waals surface area contributed by atoms with Gasteiger partial charge in [-0.15, -0.1) is 0 Å². The molecule has 0 spiro atoms. The summed E-state index contributed by atoms with van der Waals surface area (Å²) in [7, 11) is 0. The van der Waals surface area contributed by atoms with Crippen molar-refractivity contribution >= 4 is 17.7 Å². The van der Waals surface area contributed by atoms with E-state index in [4.69, 9.17) is 4.74 Å². The highest BCUT2D eigenvalue weighted by molar-refractivity contribution is 5.96. The second kappa shape index (κ2) is 9.38. The quantitative estimate of drug-likeness (QED) is 0.339. The molecule has 4 saturated carbocycles. The number of fused-ring (bicyclic) bond motifs is 7. The van der Waals surface area contributed by atoms with Crippen molar-refractivity contribution < 1.29 is 19.1 Å². The van der Waals surface area contributed by atoms with Gasteiger partial charge in [0.15, 0.2) is 5.78 Å². The van der Waals surface area contributed by atoms with Crippen LogP contribution in [0.1, 0.15) is 117 Å². The summed E-state index contributed by atoms with van der Waals surface area (Å²) < 4.78 is 7.66. The van der Waals surface area contributed by atoms with Crippen molar-refractivity contribution in [2.45, 2.75) is 120 Å². The Morgan fingerprint density at radius 2 is 1.69 bits per heavy atom. The van der Waals surface area contributed by atoms with E-state index in [1.54, 1.807) is 10.8 Å². The summed E-state index contributed by atoms with van der Waals surface area (Å²) >= 11 is 0. The van der Waals surface area contributed by atoms with Crippen LogP contribution in [0.25, 0.3) is 0 Å². The molecule has 6 heteroatoms. The number of carbonyl (C=O) groups is 3. The minimum absolute atomic E-state index is 0.0534. The molecular formula is C36H52N2O4. The Morgan fingerprint density at radius 3 is 2.33 bits per heavy atom. The molecule has 6 rings (SSSR count). The summed E-state index contributed by atoms with van der Waals surface area (Å²) in [6.45, 7) is 19.8. The zero-order chi connectivity index (χ0) is 30.6. The maximum Gasteiger partial charge on any atom is 0.302 e. The molecule has 1 aromatic heterocycles. The van der Waals surface area contributed by atoms with Crippen LogP contribution in [0, 0.1) is 63.6 Å². The van der Waals surface area contributed by atoms with E-state index in [9.17, 15) is 14.4 Å². The van der Waals surface area contributed by atoms with E-state index in [1.165, 1.54) is 12.5 Å². The Kier molecular flexibility index (Phi) is 6.66. The number of esters is 1. The molecule has 5 aliphatic rings. The lowest BCUT2D eigenvalue weighted by molar-refractivity contribution is -0.210. The van der Waals surface area contributed by atoms with Crippen molar-refractivity contribution in [3.8, 4) is 0 Å². The van der Waals surface area contributed by atoms with Crippen molar-refractivity contribution in [1.29, 1.82) is 0 Å². The van der Waals surface area contributed by atoms with Crippen molar-refractivity contribution in [1.82, 2.24) is 9.55 Å². The molecule has 0 amide bonds. The number of rotatable bonds is 2. The second-order valence-corrected chi connectivity index (χ2v) is 16.4. The molecule has 0 radical (unpaired) electrons. The molecule has 0 unspecified atom stereocenters. The van der Waals surface area contributed by atoms with Gasteiger partial charge in [-0.25, -0.2) is 4.98 Å². The van der Waals surface area contributed by atoms with Gasteiger partial charge in [-0.3, -0.25) is 19.0 Å². The van der Waals surface area contributed by atoms with Crippen molar-refractivity contribution in [3.63, 3.8) is 0 Å². The van der Waals surface area contributed by atoms with Crippen LogP contribution in [-0.4, -0.2) is 33.3 Å². The number of aryl methyl sites for hydroxylation is 1. The molecular weight excluding hydrogens is 524 g/mol. The summed E-state index contributed by atoms with van der Waals surface area (Å²) in [6.07, 6.45) is 12.9. The standard InChI is InChI=1S/C36H52N2O4/c1-21-10-15-36(31(41)38-19-18-37-23(38)3)17-16-34(8)25(29(36)22(21)2)20-26(40)30-33(7)13-12-28(42-24(4)39)32(5,6)27(33)11-14-35(30,34)9/h18-22,27-30H,10-17H2,1-9H3/t21-,22+,27+,28+,29+,30-,33+,34-,35-,36+/m1/s1. The molecule has 6 nitrogen and oxygen atoms in total. The monoisotopic (exact) mass is 576 g/mol. The van der Waals surface area contributed by atoms with E-state index in [-0.39, 0.29) is 57.3 Å². The maximum atomic E-state index is 14.7. The molecule has 0 aromatic carbocycles. The van der Waals surface area contributed by atoms with Crippen LogP contribution in [0.2, 0.25) is 0 Å². The SMILES string of the molecule is CC(=O)O[C@H]1CC[C@]2(C)[C@H]3C(=O)C=C4[C@@H]5[C@@H](C)[C@H](C)CC[C@]5(C(=O)n5ccnc5C)CC[C@@]4(C)[C@]3(C)CC[C@H]2C1(C)C. The normalized spacial score (nSPS) is 45.9. The highest BCUT2D eigenvalue weighted by Crippen LogP contribution is 2.75. The summed E-state index contributed by atoms with van der Waals surface area (Å²) in [4.78, 5) is 45.6. The minimum Gasteiger partial charge on any atom is -0.462 e. The summed E-state index contributed by atoms with van der Waals surface area (Å²) in [5, 5.41) is 0. The first-order chi connectivity index (χ1) is 19.5. The Bertz CT molecular complexity index is 1360. The predicted molar refractivity (Wildman–Crippen MR) is 163 cm³/mol. The second-order valence-electron chi connectivity index (χ2n) is 16.4. The molecule has 0 bridgehead atoms. The molecule has 4 fully saturated rings. The Balaban J connectivity index is 1.46. The minimum atomic E-state index is -0.503. The van der Waals surface area contributed by atoms with Gasteiger partial charge in [-0.2, -0.15) is 0 Å². The Hall–Kier alpha value is -2.24. The molecule has 42 heavy (non-hydrogen) atoms. The third kappa shape index (κ3) is 3.68. The molecule has 0 aliphatic heterocycles. The third-order valence-corrected chi connectivity index (χ3v) is 14.4. The van der Waals surface area contributed by atoms with E-state index < -0.39 is 5.41 Å². The van der Waals surface area contributed by atoms with Gasteiger partial charge in [0.05, 0.1) is 5.41 Å². The van der Waals surface area contributed by atoms with Gasteiger partial charge < -0.3 is 4.74 Å². The summed E-state index contributed by atoms with van der Waals surface area (Å²) in [6, 6.07) is 0. The van der Waals surface area contributed by atoms with E-state index in [0.29, 0.717) is 17.8 Å². The van der Waals surface area contributed by atoms with Gasteiger partial charge in [-0.1, -0.05) is 54.0 Å². The largest absolute Gasteiger partial charge is 0.462 e. The topological polar surface area (TPSA) is 78.3 Å². The number of ketones is 1. The van der Waals surface area contributed by atoms with E-state index in [1.807, 2.05) is 13.1 Å². The van der Waals surface area contributed by atoms with E-state index in [2.05, 4.69) is 59.5 Å². The molecule has 230 valence electrons. The fraction of sp³-hybridized carbons (Fsp3) is 0.778. The average Bonchev–Trinajstić information content (AvgIpc) is 3.33. The molecule has 10 atom stereocenters. The zero-order valence-corrected chi connectivity index (χ0v) is 27.4. The fourth-order valence-corrected chi connectivity index (χ4v) is 11.9. The van der Waals surface area contributed by atoms with Gasteiger partial charge in [-0.05, 0) is 104 Å². The number of nitrogens with zero attached hydrogens (tertiary/aromatic N) is 2. The van der Waals surface area contributed by atoms with Crippen LogP contribution < -0.4 is 0 Å². The number of ether oxygens (including phenoxy) is 1. The highest BCUT2D eigenvalue weighted by atomic mass is 16.5. The Labute approximate surface area is 252 Å². The number of hydrogen-bond donors (Lipinski definition) is 0. The van der Waals surface area contributed by atoms with Crippen LogP contribution >= 0.6 is 0 Å². The van der Waals surface area contributed by atoms with E-state index >= 15 is 0 Å². The smallest absolute Gasteiger partial charge is 0.302 e. The van der Waals surface area contributed by atoms with Crippen molar-refractivity contribution in [2.75, 3.05) is 0 Å². The first kappa shape index (κ1) is 29.8. The number of allylic oxidation sites excluding steroid dienone is 2. The van der Waals surface area contributed by atoms with Gasteiger partial charge in [0, 0.05) is 30.7 Å². The third-order valence-electron chi connectivity index (χ3n) is 14.4. The van der Waals surface area contributed by atoms with Crippen molar-refractivity contribution in [2.24, 2.45) is 56.7 Å². The van der Waals surface area contributed by atoms with Gasteiger partial charge >= 0.3 is 5.97 Å². The fourth-order valence-electron chi connectivity index (χ4n) is 11.9. The number of imidazole rings is 1. The molecule has 1 heterocycles. The van der Waals surface area contributed by atoms with Crippen LogP contribution in [0.3, 0.4) is 0 Å². The highest BCUT2D eigenvalue weighted by Gasteiger charge is 2.71. The lowest BCUT2D eigenvalue weighted by Gasteiger charge is -2.70. The van der Waals surface area contributed by atoms with Gasteiger partial charge in [0.2, 0.25) is 5.91 Å². The maximum absolute atomic E-state index is 14.7. The van der Waals surface area contributed by atoms with Crippen LogP contribution in [-0.2, 0) is 14.3 Å². The summed E-state index contributed by atoms with van der Waals surface area (Å²) in [5.41, 5.74) is 0.0495. The lowest BCUT2D eigenvalue weighted by atomic mass is 9.33. The lowest BCUT2D eigenvalue weighted by Crippen LogP contribution is -2.67. The number of hydrogen-bond acceptors (Lipinski definition) is 5. The molecule has 0 N–H and O–H groups in total. The number of carbonyl (C=O) groups excluding carboxylic acids is 3. The van der Waals surface area contributed by atoms with Crippen LogP contribution in [0.15, 0.2) is 24.0 Å². The predicted octanol–water partition coefficient (Wildman–Crippen LogP) is 7.60. The summed E-state index contributed by atoms with van der Waals surface area (Å²) in [5.74, 6) is 2.05. The zero-order valence-electron chi connectivity index (χ0n) is 27.4. The van der Waals surface area contributed by atoms with Crippen LogP contribution in [0.5, 0.6) is 0 Å². The Morgan fingerprint density at radius 1 is 0.976 bits per heavy atom. The molecule has 1 aromatic rings. The molecule has 5 aliphatic carbocycles. The average molecular weight is 577 g/mol.